The van der Waals surface area contributed by atoms with Gasteiger partial charge in [0.2, 0.25) is 10.0 Å². The van der Waals surface area contributed by atoms with Crippen LogP contribution in [0.15, 0.2) is 77.7 Å². The molecule has 30 heavy (non-hydrogen) atoms. The molecule has 3 rings (SSSR count). The number of nitrogens with one attached hydrogen (secondary N) is 1. The Bertz CT molecular complexity index is 1140. The number of nitrogens with zero attached hydrogens (tertiary/aromatic N) is 2. The fraction of sp³-hybridized carbons (Fsp3) is 0.182. The average Bonchev–Trinajstić information content (AvgIpc) is 2.73. The molecule has 1 N–H and O–H groups in total. The van der Waals surface area contributed by atoms with Crippen LogP contribution in [0.25, 0.3) is 11.1 Å². The van der Waals surface area contributed by atoms with Crippen molar-refractivity contribution in [2.45, 2.75) is 18.0 Å². The molecule has 0 atom stereocenters. The van der Waals surface area contributed by atoms with Crippen molar-refractivity contribution in [2.75, 3.05) is 14.1 Å². The minimum absolute atomic E-state index is 0.0179. The lowest BCUT2D eigenvalue weighted by Gasteiger charge is -2.13. The van der Waals surface area contributed by atoms with Crippen LogP contribution in [0.4, 0.5) is 5.69 Å². The Kier molecular flexibility index (Phi) is 6.61. The number of para-hydroxylation sites is 1. The molecule has 0 aliphatic carbocycles. The molecule has 0 aliphatic rings. The first-order chi connectivity index (χ1) is 14.3. The summed E-state index contributed by atoms with van der Waals surface area (Å²) in [7, 11) is -0.0378. The topological polar surface area (TPSA) is 92.6 Å². The highest BCUT2D eigenvalue weighted by atomic mass is 32.2. The first kappa shape index (κ1) is 21.6. The molecule has 0 fully saturated rings. The van der Waals surface area contributed by atoms with E-state index in [9.17, 15) is 18.5 Å². The highest BCUT2D eigenvalue weighted by molar-refractivity contribution is 7.89. The molecule has 3 aromatic carbocycles. The Morgan fingerprint density at radius 1 is 0.933 bits per heavy atom. The largest absolute Gasteiger partial charge is 0.305 e. The normalized spacial score (nSPS) is 11.6. The van der Waals surface area contributed by atoms with Crippen LogP contribution in [0.3, 0.4) is 0 Å². The van der Waals surface area contributed by atoms with Crippen LogP contribution in [0.1, 0.15) is 11.1 Å². The molecule has 8 heteroatoms. The van der Waals surface area contributed by atoms with Crippen molar-refractivity contribution in [1.82, 2.24) is 9.62 Å². The fourth-order valence-corrected chi connectivity index (χ4v) is 4.37. The first-order valence-electron chi connectivity index (χ1n) is 9.33. The highest BCUT2D eigenvalue weighted by Crippen LogP contribution is 2.26. The predicted octanol–water partition coefficient (Wildman–Crippen LogP) is 3.80. The summed E-state index contributed by atoms with van der Waals surface area (Å²) in [6, 6.07) is 20.9. The molecule has 0 unspecified atom stereocenters. The van der Waals surface area contributed by atoms with E-state index in [4.69, 9.17) is 0 Å². The van der Waals surface area contributed by atoms with Crippen molar-refractivity contribution < 1.29 is 13.3 Å². The molecule has 0 saturated heterocycles. The lowest BCUT2D eigenvalue weighted by Crippen LogP contribution is -2.24. The van der Waals surface area contributed by atoms with Crippen molar-refractivity contribution >= 4 is 15.7 Å². The molecule has 0 bridgehead atoms. The molecule has 0 saturated carbocycles. The Hall–Kier alpha value is -3.07. The second-order valence-corrected chi connectivity index (χ2v) is 8.88. The van der Waals surface area contributed by atoms with E-state index < -0.39 is 20.6 Å². The molecule has 0 aliphatic heterocycles. The third-order valence-corrected chi connectivity index (χ3v) is 6.03. The second kappa shape index (κ2) is 9.17. The van der Waals surface area contributed by atoms with E-state index in [0.717, 1.165) is 23.2 Å². The molecule has 156 valence electrons. The van der Waals surface area contributed by atoms with Crippen molar-refractivity contribution in [2.24, 2.45) is 0 Å². The smallest absolute Gasteiger partial charge is 0.289 e. The zero-order valence-electron chi connectivity index (χ0n) is 16.8. The molecule has 0 spiro atoms. The van der Waals surface area contributed by atoms with Crippen molar-refractivity contribution in [3.8, 4) is 11.1 Å². The summed E-state index contributed by atoms with van der Waals surface area (Å²) < 4.78 is 27.9. The molecule has 3 aromatic rings. The summed E-state index contributed by atoms with van der Waals surface area (Å²) >= 11 is 0. The summed E-state index contributed by atoms with van der Waals surface area (Å²) in [5, 5.41) is 11.2. The monoisotopic (exact) mass is 425 g/mol. The Labute approximate surface area is 176 Å². The number of hydrogen-bond donors (Lipinski definition) is 1. The van der Waals surface area contributed by atoms with Crippen LogP contribution in [0, 0.1) is 10.1 Å². The van der Waals surface area contributed by atoms with Gasteiger partial charge in [0.25, 0.3) is 5.69 Å². The molecule has 0 heterocycles. The lowest BCUT2D eigenvalue weighted by atomic mass is 9.99. The van der Waals surface area contributed by atoms with Gasteiger partial charge in [-0.15, -0.1) is 0 Å². The quantitative estimate of drug-likeness (QED) is 0.438. The van der Waals surface area contributed by atoms with E-state index in [2.05, 4.69) is 9.62 Å². The van der Waals surface area contributed by atoms with E-state index >= 15 is 0 Å². The van der Waals surface area contributed by atoms with E-state index in [0.29, 0.717) is 0 Å². The fourth-order valence-electron chi connectivity index (χ4n) is 3.20. The standard InChI is InChI=1S/C22H23N3O4S/c1-24(2)16-17-11-13-18(14-12-17)20-8-4-3-7-19(20)15-23-30(28,29)22-10-6-5-9-21(22)25(26)27/h3-14,23H,15-16H2,1-2H3. The van der Waals surface area contributed by atoms with Gasteiger partial charge in [0, 0.05) is 19.2 Å². The van der Waals surface area contributed by atoms with Gasteiger partial charge >= 0.3 is 0 Å². The number of nitro groups is 1. The van der Waals surface area contributed by atoms with E-state index in [1.165, 1.54) is 29.8 Å². The molecular formula is C22H23N3O4S. The van der Waals surface area contributed by atoms with Crippen molar-refractivity contribution in [3.63, 3.8) is 0 Å². The number of sulfonamides is 1. The Morgan fingerprint density at radius 3 is 2.23 bits per heavy atom. The highest BCUT2D eigenvalue weighted by Gasteiger charge is 2.25. The summed E-state index contributed by atoms with van der Waals surface area (Å²) in [6.07, 6.45) is 0. The minimum Gasteiger partial charge on any atom is -0.305 e. The van der Waals surface area contributed by atoms with Gasteiger partial charge in [-0.05, 0) is 42.4 Å². The summed E-state index contributed by atoms with van der Waals surface area (Å²) in [5.41, 5.74) is 3.38. The summed E-state index contributed by atoms with van der Waals surface area (Å²) in [4.78, 5) is 12.2. The zero-order chi connectivity index (χ0) is 21.7. The molecule has 0 aromatic heterocycles. The molecule has 0 radical (unpaired) electrons. The minimum atomic E-state index is -4.05. The van der Waals surface area contributed by atoms with Crippen LogP contribution >= 0.6 is 0 Å². The van der Waals surface area contributed by atoms with Gasteiger partial charge < -0.3 is 4.90 Å². The maximum absolute atomic E-state index is 12.7. The van der Waals surface area contributed by atoms with Gasteiger partial charge in [-0.25, -0.2) is 13.1 Å². The second-order valence-electron chi connectivity index (χ2n) is 7.14. The third-order valence-electron chi connectivity index (χ3n) is 4.59. The maximum Gasteiger partial charge on any atom is 0.289 e. The van der Waals surface area contributed by atoms with E-state index in [1.54, 1.807) is 0 Å². The van der Waals surface area contributed by atoms with Crippen LogP contribution in [-0.4, -0.2) is 32.3 Å². The first-order valence-corrected chi connectivity index (χ1v) is 10.8. The van der Waals surface area contributed by atoms with Gasteiger partial charge in [0.05, 0.1) is 4.92 Å². The van der Waals surface area contributed by atoms with Gasteiger partial charge in [0.15, 0.2) is 4.90 Å². The van der Waals surface area contributed by atoms with Crippen LogP contribution in [-0.2, 0) is 23.1 Å². The Morgan fingerprint density at radius 2 is 1.57 bits per heavy atom. The van der Waals surface area contributed by atoms with Gasteiger partial charge in [-0.3, -0.25) is 10.1 Å². The van der Waals surface area contributed by atoms with Crippen molar-refractivity contribution in [1.29, 1.82) is 0 Å². The number of benzene rings is 3. The van der Waals surface area contributed by atoms with Crippen LogP contribution in [0.5, 0.6) is 0 Å². The number of rotatable bonds is 8. The third kappa shape index (κ3) is 5.10. The molecule has 7 nitrogen and oxygen atoms in total. The maximum atomic E-state index is 12.7. The van der Waals surface area contributed by atoms with Gasteiger partial charge in [-0.1, -0.05) is 60.7 Å². The van der Waals surface area contributed by atoms with E-state index in [-0.39, 0.29) is 11.4 Å². The molecule has 0 amide bonds. The van der Waals surface area contributed by atoms with Crippen molar-refractivity contribution in [3.05, 3.63) is 94.0 Å². The van der Waals surface area contributed by atoms with E-state index in [1.807, 2.05) is 62.6 Å². The van der Waals surface area contributed by atoms with Crippen LogP contribution < -0.4 is 4.72 Å². The number of hydrogen-bond acceptors (Lipinski definition) is 5. The lowest BCUT2D eigenvalue weighted by molar-refractivity contribution is -0.387. The van der Waals surface area contributed by atoms with Gasteiger partial charge in [-0.2, -0.15) is 0 Å². The van der Waals surface area contributed by atoms with Gasteiger partial charge in [0.1, 0.15) is 0 Å². The SMILES string of the molecule is CN(C)Cc1ccc(-c2ccccc2CNS(=O)(=O)c2ccccc2[N+](=O)[O-])cc1. The summed E-state index contributed by atoms with van der Waals surface area (Å²) in [6.45, 7) is 0.849. The predicted molar refractivity (Wildman–Crippen MR) is 116 cm³/mol. The number of nitro benzene ring substituents is 1. The average molecular weight is 426 g/mol. The van der Waals surface area contributed by atoms with Crippen LogP contribution in [0.2, 0.25) is 0 Å². The zero-order valence-corrected chi connectivity index (χ0v) is 17.6. The Balaban J connectivity index is 1.85. The molecular weight excluding hydrogens is 402 g/mol. The summed E-state index contributed by atoms with van der Waals surface area (Å²) in [5.74, 6) is 0.